The highest BCUT2D eigenvalue weighted by Crippen LogP contribution is 2.31. The highest BCUT2D eigenvalue weighted by atomic mass is 16.5. The molecule has 0 radical (unpaired) electrons. The van der Waals surface area contributed by atoms with E-state index in [1.165, 1.54) is 0 Å². The molecule has 1 aromatic carbocycles. The number of methoxy groups -OCH3 is 2. The van der Waals surface area contributed by atoms with E-state index in [1.54, 1.807) is 14.2 Å². The molecular weight excluding hydrogens is 242 g/mol. The lowest BCUT2D eigenvalue weighted by atomic mass is 10.2. The molecule has 5 heteroatoms. The summed E-state index contributed by atoms with van der Waals surface area (Å²) in [6, 6.07) is 3.88. The molecule has 5 nitrogen and oxygen atoms in total. The second-order valence-electron chi connectivity index (χ2n) is 4.82. The molecule has 1 heterocycles. The Morgan fingerprint density at radius 1 is 1.16 bits per heavy atom. The first-order valence-electron chi connectivity index (χ1n) is 6.38. The van der Waals surface area contributed by atoms with Crippen LogP contribution in [0, 0.1) is 0 Å². The molecule has 0 spiro atoms. The Morgan fingerprint density at radius 3 is 2.47 bits per heavy atom. The quantitative estimate of drug-likeness (QED) is 0.799. The van der Waals surface area contributed by atoms with Crippen molar-refractivity contribution in [1.29, 1.82) is 0 Å². The maximum absolute atomic E-state index is 5.30. The molecule has 2 aromatic rings. The van der Waals surface area contributed by atoms with Crippen molar-refractivity contribution in [2.24, 2.45) is 0 Å². The normalized spacial score (nSPS) is 11.2. The van der Waals surface area contributed by atoms with Crippen LogP contribution in [-0.4, -0.2) is 49.5 Å². The molecule has 0 aliphatic heterocycles. The van der Waals surface area contributed by atoms with Crippen molar-refractivity contribution >= 4 is 10.9 Å². The van der Waals surface area contributed by atoms with Crippen LogP contribution < -0.4 is 9.47 Å². The number of rotatable bonds is 6. The van der Waals surface area contributed by atoms with E-state index >= 15 is 0 Å². The van der Waals surface area contributed by atoms with Gasteiger partial charge in [0.2, 0.25) is 0 Å². The third kappa shape index (κ3) is 3.17. The summed E-state index contributed by atoms with van der Waals surface area (Å²) in [5.74, 6) is 1.45. The third-order valence-corrected chi connectivity index (χ3v) is 3.05. The van der Waals surface area contributed by atoms with Gasteiger partial charge >= 0.3 is 0 Å². The van der Waals surface area contributed by atoms with Crippen LogP contribution in [0.1, 0.15) is 6.42 Å². The third-order valence-electron chi connectivity index (χ3n) is 3.05. The number of nitrogens with zero attached hydrogens (tertiary/aromatic N) is 3. The van der Waals surface area contributed by atoms with Crippen molar-refractivity contribution in [3.63, 3.8) is 0 Å². The molecule has 0 bridgehead atoms. The molecule has 104 valence electrons. The lowest BCUT2D eigenvalue weighted by molar-refractivity contribution is 0.356. The van der Waals surface area contributed by atoms with Gasteiger partial charge in [-0.2, -0.15) is 5.10 Å². The number of ether oxygens (including phenoxy) is 2. The van der Waals surface area contributed by atoms with Crippen LogP contribution in [0.3, 0.4) is 0 Å². The van der Waals surface area contributed by atoms with E-state index in [4.69, 9.17) is 9.47 Å². The van der Waals surface area contributed by atoms with Gasteiger partial charge in [0.25, 0.3) is 0 Å². The summed E-state index contributed by atoms with van der Waals surface area (Å²) < 4.78 is 12.6. The van der Waals surface area contributed by atoms with Crippen molar-refractivity contribution in [2.45, 2.75) is 13.0 Å². The van der Waals surface area contributed by atoms with Gasteiger partial charge in [-0.3, -0.25) is 4.68 Å². The van der Waals surface area contributed by atoms with Crippen LogP contribution in [0.15, 0.2) is 18.3 Å². The standard InChI is InChI=1S/C14H21N3O2/c1-16(2)6-5-7-17-10-11-8-13(18-3)14(19-4)9-12(11)15-17/h8-10H,5-7H2,1-4H3. The summed E-state index contributed by atoms with van der Waals surface area (Å²) in [4.78, 5) is 2.18. The molecule has 19 heavy (non-hydrogen) atoms. The van der Waals surface area contributed by atoms with Gasteiger partial charge in [-0.15, -0.1) is 0 Å². The van der Waals surface area contributed by atoms with Crippen LogP contribution in [-0.2, 0) is 6.54 Å². The van der Waals surface area contributed by atoms with Crippen LogP contribution in [0.5, 0.6) is 11.5 Å². The minimum absolute atomic E-state index is 0.716. The van der Waals surface area contributed by atoms with Crippen LogP contribution in [0.4, 0.5) is 0 Å². The Morgan fingerprint density at radius 2 is 1.84 bits per heavy atom. The molecule has 0 amide bonds. The molecule has 0 aliphatic rings. The molecule has 0 saturated heterocycles. The fraction of sp³-hybridized carbons (Fsp3) is 0.500. The summed E-state index contributed by atoms with van der Waals surface area (Å²) in [6.07, 6.45) is 3.13. The van der Waals surface area contributed by atoms with Crippen molar-refractivity contribution in [1.82, 2.24) is 14.7 Å². The smallest absolute Gasteiger partial charge is 0.162 e. The van der Waals surface area contributed by atoms with Crippen molar-refractivity contribution in [3.8, 4) is 11.5 Å². The highest BCUT2D eigenvalue weighted by molar-refractivity contribution is 5.82. The van der Waals surface area contributed by atoms with E-state index in [-0.39, 0.29) is 0 Å². The van der Waals surface area contributed by atoms with Crippen LogP contribution in [0.25, 0.3) is 10.9 Å². The average Bonchev–Trinajstić information content (AvgIpc) is 2.77. The van der Waals surface area contributed by atoms with E-state index in [0.29, 0.717) is 5.75 Å². The zero-order chi connectivity index (χ0) is 13.8. The molecule has 0 saturated carbocycles. The lowest BCUT2D eigenvalue weighted by Gasteiger charge is -2.08. The van der Waals surface area contributed by atoms with E-state index in [2.05, 4.69) is 24.1 Å². The van der Waals surface area contributed by atoms with Gasteiger partial charge in [-0.1, -0.05) is 0 Å². The summed E-state index contributed by atoms with van der Waals surface area (Å²) in [6.45, 7) is 1.97. The summed E-state index contributed by atoms with van der Waals surface area (Å²) in [5.41, 5.74) is 0.933. The number of aryl methyl sites for hydroxylation is 1. The van der Waals surface area contributed by atoms with Crippen LogP contribution >= 0.6 is 0 Å². The molecule has 1 aromatic heterocycles. The Hall–Kier alpha value is -1.75. The van der Waals surface area contributed by atoms with Crippen molar-refractivity contribution in [2.75, 3.05) is 34.9 Å². The predicted octanol–water partition coefficient (Wildman–Crippen LogP) is 2.01. The maximum atomic E-state index is 5.30. The number of fused-ring (bicyclic) bond motifs is 1. The van der Waals surface area contributed by atoms with E-state index in [1.807, 2.05) is 23.0 Å². The highest BCUT2D eigenvalue weighted by Gasteiger charge is 2.08. The van der Waals surface area contributed by atoms with E-state index in [0.717, 1.165) is 36.2 Å². The summed E-state index contributed by atoms with van der Waals surface area (Å²) in [7, 11) is 7.44. The number of aromatic nitrogens is 2. The van der Waals surface area contributed by atoms with E-state index in [9.17, 15) is 0 Å². The second-order valence-corrected chi connectivity index (χ2v) is 4.82. The Bertz CT molecular complexity index is 508. The van der Waals surface area contributed by atoms with Gasteiger partial charge in [-0.25, -0.2) is 0 Å². The zero-order valence-corrected chi connectivity index (χ0v) is 12.0. The molecule has 0 aliphatic carbocycles. The summed E-state index contributed by atoms with van der Waals surface area (Å²) >= 11 is 0. The number of hydrogen-bond acceptors (Lipinski definition) is 4. The first-order valence-corrected chi connectivity index (χ1v) is 6.38. The largest absolute Gasteiger partial charge is 0.493 e. The monoisotopic (exact) mass is 263 g/mol. The molecule has 0 unspecified atom stereocenters. The second kappa shape index (κ2) is 5.93. The van der Waals surface area contributed by atoms with E-state index < -0.39 is 0 Å². The van der Waals surface area contributed by atoms with Gasteiger partial charge in [0.1, 0.15) is 0 Å². The molecule has 0 fully saturated rings. The minimum atomic E-state index is 0.716. The number of benzene rings is 1. The van der Waals surface area contributed by atoms with Gasteiger partial charge in [0.05, 0.1) is 19.7 Å². The average molecular weight is 263 g/mol. The first-order chi connectivity index (χ1) is 9.13. The minimum Gasteiger partial charge on any atom is -0.493 e. The van der Waals surface area contributed by atoms with Gasteiger partial charge in [-0.05, 0) is 33.1 Å². The Balaban J connectivity index is 2.20. The fourth-order valence-electron chi connectivity index (χ4n) is 2.07. The zero-order valence-electron chi connectivity index (χ0n) is 12.0. The van der Waals surface area contributed by atoms with Crippen molar-refractivity contribution in [3.05, 3.63) is 18.3 Å². The van der Waals surface area contributed by atoms with Gasteiger partial charge in [0, 0.05) is 24.2 Å². The lowest BCUT2D eigenvalue weighted by Crippen LogP contribution is -2.15. The SMILES string of the molecule is COc1cc2cn(CCCN(C)C)nc2cc1OC. The first kappa shape index (κ1) is 13.7. The molecular formula is C14H21N3O2. The Kier molecular flexibility index (Phi) is 4.27. The van der Waals surface area contributed by atoms with Gasteiger partial charge in [0.15, 0.2) is 11.5 Å². The predicted molar refractivity (Wildman–Crippen MR) is 76.0 cm³/mol. The molecule has 2 rings (SSSR count). The fourth-order valence-corrected chi connectivity index (χ4v) is 2.07. The van der Waals surface area contributed by atoms with Gasteiger partial charge < -0.3 is 14.4 Å². The maximum Gasteiger partial charge on any atom is 0.162 e. The van der Waals surface area contributed by atoms with Crippen LogP contribution in [0.2, 0.25) is 0 Å². The molecule has 0 N–H and O–H groups in total. The molecule has 0 atom stereocenters. The number of hydrogen-bond donors (Lipinski definition) is 0. The topological polar surface area (TPSA) is 39.5 Å². The van der Waals surface area contributed by atoms with Crippen molar-refractivity contribution < 1.29 is 9.47 Å². The summed E-state index contributed by atoms with van der Waals surface area (Å²) in [5, 5.41) is 5.63. The Labute approximate surface area is 113 Å².